The lowest BCUT2D eigenvalue weighted by molar-refractivity contribution is -0.274. The second-order valence-electron chi connectivity index (χ2n) is 5.21. The summed E-state index contributed by atoms with van der Waals surface area (Å²) in [7, 11) is 0. The SMILES string of the molecule is N#Cc1c(CO)cc(-c2ccc(OC(F)(F)F)cc2)c2c1CCO2. The Morgan fingerprint density at radius 1 is 1.25 bits per heavy atom. The summed E-state index contributed by atoms with van der Waals surface area (Å²) in [5.74, 6) is 0.216. The number of halogens is 3. The Balaban J connectivity index is 2.04. The smallest absolute Gasteiger partial charge is 0.492 e. The van der Waals surface area contributed by atoms with Gasteiger partial charge in [0.05, 0.1) is 24.8 Å². The number of rotatable bonds is 3. The van der Waals surface area contributed by atoms with Gasteiger partial charge in [0.25, 0.3) is 0 Å². The summed E-state index contributed by atoms with van der Waals surface area (Å²) < 4.78 is 46.1. The molecule has 0 unspecified atom stereocenters. The van der Waals surface area contributed by atoms with E-state index in [1.807, 2.05) is 0 Å². The lowest BCUT2D eigenvalue weighted by atomic mass is 9.93. The Hall–Kier alpha value is -2.72. The summed E-state index contributed by atoms with van der Waals surface area (Å²) in [4.78, 5) is 0. The number of benzene rings is 2. The molecule has 0 aromatic heterocycles. The number of ether oxygens (including phenoxy) is 2. The number of hydrogen-bond acceptors (Lipinski definition) is 4. The summed E-state index contributed by atoms with van der Waals surface area (Å²) in [6.45, 7) is 0.111. The average molecular weight is 335 g/mol. The van der Waals surface area contributed by atoms with Crippen molar-refractivity contribution >= 4 is 0 Å². The van der Waals surface area contributed by atoms with E-state index in [4.69, 9.17) is 4.74 Å². The van der Waals surface area contributed by atoms with E-state index < -0.39 is 6.36 Å². The van der Waals surface area contributed by atoms with Gasteiger partial charge in [0.1, 0.15) is 11.5 Å². The average Bonchev–Trinajstić information content (AvgIpc) is 3.02. The molecule has 1 N–H and O–H groups in total. The van der Waals surface area contributed by atoms with Crippen molar-refractivity contribution in [1.29, 1.82) is 5.26 Å². The van der Waals surface area contributed by atoms with Crippen molar-refractivity contribution in [2.24, 2.45) is 0 Å². The molecule has 0 bridgehead atoms. The van der Waals surface area contributed by atoms with Gasteiger partial charge in [-0.05, 0) is 29.3 Å². The molecule has 0 aliphatic carbocycles. The highest BCUT2D eigenvalue weighted by molar-refractivity contribution is 5.76. The Bertz CT molecular complexity index is 808. The van der Waals surface area contributed by atoms with E-state index in [0.29, 0.717) is 41.0 Å². The number of aliphatic hydroxyl groups excluding tert-OH is 1. The quantitative estimate of drug-likeness (QED) is 0.932. The predicted molar refractivity (Wildman–Crippen MR) is 78.4 cm³/mol. The molecule has 0 fully saturated rings. The standard InChI is InChI=1S/C17H12F3NO3/c18-17(19,20)24-12-3-1-10(2-4-12)14-7-11(9-22)15(8-21)13-5-6-23-16(13)14/h1-4,7,22H,5-6,9H2. The van der Waals surface area contributed by atoms with Crippen LogP contribution >= 0.6 is 0 Å². The van der Waals surface area contributed by atoms with Crippen molar-refractivity contribution in [3.63, 3.8) is 0 Å². The molecule has 0 radical (unpaired) electrons. The predicted octanol–water partition coefficient (Wildman–Crippen LogP) is 3.55. The number of alkyl halides is 3. The second kappa shape index (κ2) is 6.06. The van der Waals surface area contributed by atoms with Crippen LogP contribution in [-0.2, 0) is 13.0 Å². The monoisotopic (exact) mass is 335 g/mol. The van der Waals surface area contributed by atoms with Crippen molar-refractivity contribution in [2.45, 2.75) is 19.4 Å². The van der Waals surface area contributed by atoms with Gasteiger partial charge in [0, 0.05) is 17.5 Å². The number of nitrogens with zero attached hydrogens (tertiary/aromatic N) is 1. The molecular formula is C17H12F3NO3. The van der Waals surface area contributed by atoms with Gasteiger partial charge in [-0.25, -0.2) is 0 Å². The third-order valence-corrected chi connectivity index (χ3v) is 3.74. The highest BCUT2D eigenvalue weighted by Gasteiger charge is 2.31. The van der Waals surface area contributed by atoms with Gasteiger partial charge in [-0.3, -0.25) is 0 Å². The minimum atomic E-state index is -4.75. The normalized spacial score (nSPS) is 13.1. The van der Waals surface area contributed by atoms with Crippen LogP contribution in [0.1, 0.15) is 16.7 Å². The van der Waals surface area contributed by atoms with Crippen LogP contribution in [-0.4, -0.2) is 18.1 Å². The lowest BCUT2D eigenvalue weighted by Crippen LogP contribution is -2.16. The molecule has 3 rings (SSSR count). The first-order chi connectivity index (χ1) is 11.4. The van der Waals surface area contributed by atoms with Crippen LogP contribution in [0.4, 0.5) is 13.2 Å². The van der Waals surface area contributed by atoms with Gasteiger partial charge < -0.3 is 14.6 Å². The fraction of sp³-hybridized carbons (Fsp3) is 0.235. The Morgan fingerprint density at radius 3 is 2.54 bits per heavy atom. The number of nitriles is 1. The van der Waals surface area contributed by atoms with Crippen molar-refractivity contribution in [1.82, 2.24) is 0 Å². The maximum Gasteiger partial charge on any atom is 0.573 e. The zero-order chi connectivity index (χ0) is 17.3. The fourth-order valence-corrected chi connectivity index (χ4v) is 2.75. The van der Waals surface area contributed by atoms with E-state index in [-0.39, 0.29) is 12.4 Å². The molecule has 1 heterocycles. The number of hydrogen-bond donors (Lipinski definition) is 1. The molecule has 0 spiro atoms. The molecule has 0 saturated carbocycles. The second-order valence-corrected chi connectivity index (χ2v) is 5.21. The first kappa shape index (κ1) is 16.1. The maximum absolute atomic E-state index is 12.2. The largest absolute Gasteiger partial charge is 0.573 e. The minimum absolute atomic E-state index is 0.307. The van der Waals surface area contributed by atoms with Gasteiger partial charge >= 0.3 is 6.36 Å². The van der Waals surface area contributed by atoms with Crippen LogP contribution in [0.25, 0.3) is 11.1 Å². The Labute approximate surface area is 135 Å². The van der Waals surface area contributed by atoms with Crippen molar-refractivity contribution in [2.75, 3.05) is 6.61 Å². The first-order valence-electron chi connectivity index (χ1n) is 7.11. The third kappa shape index (κ3) is 3.01. The summed E-state index contributed by atoms with van der Waals surface area (Å²) in [5, 5.41) is 18.8. The van der Waals surface area contributed by atoms with Gasteiger partial charge in [0.2, 0.25) is 0 Å². The summed E-state index contributed by atoms with van der Waals surface area (Å²) in [6.07, 6.45) is -4.20. The van der Waals surface area contributed by atoms with Crippen molar-refractivity contribution < 1.29 is 27.8 Å². The molecule has 1 aliphatic heterocycles. The number of fused-ring (bicyclic) bond motifs is 1. The lowest BCUT2D eigenvalue weighted by Gasteiger charge is -2.14. The van der Waals surface area contributed by atoms with Crippen LogP contribution in [0.3, 0.4) is 0 Å². The van der Waals surface area contributed by atoms with Crippen LogP contribution in [0.2, 0.25) is 0 Å². The molecular weight excluding hydrogens is 323 g/mol. The molecule has 0 amide bonds. The van der Waals surface area contributed by atoms with Crippen LogP contribution in [0.15, 0.2) is 30.3 Å². The van der Waals surface area contributed by atoms with Gasteiger partial charge in [0.15, 0.2) is 0 Å². The van der Waals surface area contributed by atoms with E-state index in [9.17, 15) is 23.5 Å². The van der Waals surface area contributed by atoms with Gasteiger partial charge in [-0.15, -0.1) is 13.2 Å². The zero-order valence-corrected chi connectivity index (χ0v) is 12.4. The van der Waals surface area contributed by atoms with Crippen molar-refractivity contribution in [3.05, 3.63) is 47.0 Å². The van der Waals surface area contributed by atoms with E-state index in [2.05, 4.69) is 10.8 Å². The van der Waals surface area contributed by atoms with E-state index >= 15 is 0 Å². The highest BCUT2D eigenvalue weighted by Crippen LogP contribution is 2.41. The summed E-state index contributed by atoms with van der Waals surface area (Å²) >= 11 is 0. The van der Waals surface area contributed by atoms with E-state index in [1.165, 1.54) is 24.3 Å². The van der Waals surface area contributed by atoms with Gasteiger partial charge in [-0.2, -0.15) is 5.26 Å². The molecule has 4 nitrogen and oxygen atoms in total. The highest BCUT2D eigenvalue weighted by atomic mass is 19.4. The van der Waals surface area contributed by atoms with Crippen LogP contribution in [0, 0.1) is 11.3 Å². The topological polar surface area (TPSA) is 62.5 Å². The third-order valence-electron chi connectivity index (χ3n) is 3.74. The summed E-state index contributed by atoms with van der Waals surface area (Å²) in [6, 6.07) is 9.08. The minimum Gasteiger partial charge on any atom is -0.492 e. The Kier molecular flexibility index (Phi) is 4.08. The fourth-order valence-electron chi connectivity index (χ4n) is 2.75. The van der Waals surface area contributed by atoms with Crippen molar-refractivity contribution in [3.8, 4) is 28.7 Å². The van der Waals surface area contributed by atoms with Gasteiger partial charge in [-0.1, -0.05) is 12.1 Å². The molecule has 2 aromatic rings. The van der Waals surface area contributed by atoms with E-state index in [1.54, 1.807) is 6.07 Å². The zero-order valence-electron chi connectivity index (χ0n) is 12.4. The Morgan fingerprint density at radius 2 is 1.96 bits per heavy atom. The van der Waals surface area contributed by atoms with Crippen LogP contribution < -0.4 is 9.47 Å². The van der Waals surface area contributed by atoms with E-state index in [0.717, 1.165) is 5.56 Å². The maximum atomic E-state index is 12.2. The molecule has 0 atom stereocenters. The molecule has 2 aromatic carbocycles. The molecule has 0 saturated heterocycles. The first-order valence-corrected chi connectivity index (χ1v) is 7.11. The number of aliphatic hydroxyl groups is 1. The molecule has 7 heteroatoms. The molecule has 124 valence electrons. The molecule has 1 aliphatic rings. The summed E-state index contributed by atoms with van der Waals surface area (Å²) in [5.41, 5.74) is 2.82. The molecule has 24 heavy (non-hydrogen) atoms. The van der Waals surface area contributed by atoms with Crippen LogP contribution in [0.5, 0.6) is 11.5 Å².